The Hall–Kier alpha value is -0.870. The van der Waals surface area contributed by atoms with Crippen molar-refractivity contribution >= 4 is 0 Å². The van der Waals surface area contributed by atoms with Gasteiger partial charge in [0.2, 0.25) is 0 Å². The van der Waals surface area contributed by atoms with Gasteiger partial charge in [0.05, 0.1) is 6.10 Å². The molecular formula is C19H35NO3. The van der Waals surface area contributed by atoms with Gasteiger partial charge in [-0.25, -0.2) is 4.98 Å². The van der Waals surface area contributed by atoms with Crippen molar-refractivity contribution in [3.05, 3.63) is 17.8 Å². The van der Waals surface area contributed by atoms with E-state index in [0.29, 0.717) is 17.9 Å². The maximum atomic E-state index is 10.0. The van der Waals surface area contributed by atoms with Crippen molar-refractivity contribution in [2.75, 3.05) is 0 Å². The van der Waals surface area contributed by atoms with Crippen LogP contribution in [-0.2, 0) is 6.61 Å². The van der Waals surface area contributed by atoms with Gasteiger partial charge in [0.1, 0.15) is 12.3 Å². The number of aromatic nitrogens is 1. The Morgan fingerprint density at radius 3 is 1.96 bits per heavy atom. The van der Waals surface area contributed by atoms with E-state index in [9.17, 15) is 5.11 Å². The van der Waals surface area contributed by atoms with Gasteiger partial charge in [0.15, 0.2) is 12.2 Å². The van der Waals surface area contributed by atoms with E-state index in [1.165, 1.54) is 70.6 Å². The van der Waals surface area contributed by atoms with Gasteiger partial charge in [-0.05, 0) is 6.42 Å². The first-order chi connectivity index (χ1) is 11.3. The number of aliphatic hydroxyl groups is 2. The van der Waals surface area contributed by atoms with Crippen molar-refractivity contribution in [2.24, 2.45) is 0 Å². The molecule has 1 rings (SSSR count). The molecule has 1 heterocycles. The third-order valence-corrected chi connectivity index (χ3v) is 4.46. The van der Waals surface area contributed by atoms with E-state index < -0.39 is 6.10 Å². The zero-order valence-electron chi connectivity index (χ0n) is 14.8. The SMILES string of the molecule is CCCCCCCCCCCCCCC(O)c1ncoc1CO. The summed E-state index contributed by atoms with van der Waals surface area (Å²) in [5.74, 6) is 0.386. The van der Waals surface area contributed by atoms with Gasteiger partial charge >= 0.3 is 0 Å². The highest BCUT2D eigenvalue weighted by Gasteiger charge is 2.16. The first-order valence-corrected chi connectivity index (χ1v) is 9.50. The summed E-state index contributed by atoms with van der Waals surface area (Å²) in [4.78, 5) is 3.99. The second-order valence-corrected chi connectivity index (χ2v) is 6.51. The third kappa shape index (κ3) is 9.11. The summed E-state index contributed by atoms with van der Waals surface area (Å²) >= 11 is 0. The summed E-state index contributed by atoms with van der Waals surface area (Å²) in [7, 11) is 0. The van der Waals surface area contributed by atoms with Crippen LogP contribution in [0.15, 0.2) is 10.8 Å². The van der Waals surface area contributed by atoms with Crippen LogP contribution in [0.5, 0.6) is 0 Å². The Morgan fingerprint density at radius 2 is 1.43 bits per heavy atom. The lowest BCUT2D eigenvalue weighted by Gasteiger charge is -2.08. The van der Waals surface area contributed by atoms with E-state index in [4.69, 9.17) is 9.52 Å². The molecule has 0 aromatic carbocycles. The predicted octanol–water partition coefficient (Wildman–Crippen LogP) is 5.29. The molecule has 0 spiro atoms. The van der Waals surface area contributed by atoms with Gasteiger partial charge < -0.3 is 14.6 Å². The number of nitrogens with zero attached hydrogens (tertiary/aromatic N) is 1. The molecule has 1 aromatic rings. The first-order valence-electron chi connectivity index (χ1n) is 9.50. The van der Waals surface area contributed by atoms with Crippen molar-refractivity contribution in [1.29, 1.82) is 0 Å². The zero-order valence-corrected chi connectivity index (χ0v) is 14.8. The van der Waals surface area contributed by atoms with Crippen molar-refractivity contribution < 1.29 is 14.6 Å². The van der Waals surface area contributed by atoms with Gasteiger partial charge in [-0.2, -0.15) is 0 Å². The Balaban J connectivity index is 1.90. The van der Waals surface area contributed by atoms with E-state index in [1.54, 1.807) is 0 Å². The normalized spacial score (nSPS) is 12.7. The van der Waals surface area contributed by atoms with E-state index >= 15 is 0 Å². The van der Waals surface area contributed by atoms with Crippen LogP contribution in [0.2, 0.25) is 0 Å². The lowest BCUT2D eigenvalue weighted by Crippen LogP contribution is -2.01. The highest BCUT2D eigenvalue weighted by atomic mass is 16.4. The van der Waals surface area contributed by atoms with Gasteiger partial charge in [-0.15, -0.1) is 0 Å². The van der Waals surface area contributed by atoms with Gasteiger partial charge in [0.25, 0.3) is 0 Å². The molecule has 0 fully saturated rings. The molecule has 134 valence electrons. The minimum atomic E-state index is -0.612. The van der Waals surface area contributed by atoms with Crippen LogP contribution in [-0.4, -0.2) is 15.2 Å². The first kappa shape index (κ1) is 20.2. The Morgan fingerprint density at radius 1 is 0.913 bits per heavy atom. The molecule has 0 amide bonds. The quantitative estimate of drug-likeness (QED) is 0.430. The molecule has 2 N–H and O–H groups in total. The fourth-order valence-corrected chi connectivity index (χ4v) is 2.98. The van der Waals surface area contributed by atoms with Gasteiger partial charge in [-0.3, -0.25) is 0 Å². The van der Waals surface area contributed by atoms with Crippen LogP contribution >= 0.6 is 0 Å². The second kappa shape index (κ2) is 13.6. The highest BCUT2D eigenvalue weighted by Crippen LogP contribution is 2.22. The molecule has 4 heteroatoms. The molecule has 0 bridgehead atoms. The fraction of sp³-hybridized carbons (Fsp3) is 0.842. The molecule has 0 aliphatic carbocycles. The summed E-state index contributed by atoms with van der Waals surface area (Å²) in [6.45, 7) is 2.06. The summed E-state index contributed by atoms with van der Waals surface area (Å²) in [5.41, 5.74) is 0.496. The Labute approximate surface area is 141 Å². The monoisotopic (exact) mass is 325 g/mol. The molecule has 0 radical (unpaired) electrons. The van der Waals surface area contributed by atoms with E-state index in [2.05, 4.69) is 11.9 Å². The number of hydrogen-bond acceptors (Lipinski definition) is 4. The molecular weight excluding hydrogens is 290 g/mol. The van der Waals surface area contributed by atoms with E-state index in [0.717, 1.165) is 12.8 Å². The van der Waals surface area contributed by atoms with Crippen LogP contribution in [0.25, 0.3) is 0 Å². The molecule has 23 heavy (non-hydrogen) atoms. The smallest absolute Gasteiger partial charge is 0.181 e. The van der Waals surface area contributed by atoms with Crippen molar-refractivity contribution in [3.8, 4) is 0 Å². The molecule has 1 unspecified atom stereocenters. The predicted molar refractivity (Wildman–Crippen MR) is 93.1 cm³/mol. The number of oxazole rings is 1. The fourth-order valence-electron chi connectivity index (χ4n) is 2.98. The minimum absolute atomic E-state index is 0.204. The van der Waals surface area contributed by atoms with E-state index in [1.807, 2.05) is 0 Å². The van der Waals surface area contributed by atoms with Crippen molar-refractivity contribution in [1.82, 2.24) is 4.98 Å². The number of hydrogen-bond donors (Lipinski definition) is 2. The maximum Gasteiger partial charge on any atom is 0.181 e. The average Bonchev–Trinajstić information content (AvgIpc) is 3.04. The lowest BCUT2D eigenvalue weighted by molar-refractivity contribution is 0.151. The van der Waals surface area contributed by atoms with Crippen LogP contribution < -0.4 is 0 Å². The van der Waals surface area contributed by atoms with Crippen molar-refractivity contribution in [3.63, 3.8) is 0 Å². The summed E-state index contributed by atoms with van der Waals surface area (Å²) in [6.07, 6.45) is 17.1. The van der Waals surface area contributed by atoms with Crippen LogP contribution in [0.4, 0.5) is 0 Å². The molecule has 0 saturated heterocycles. The lowest BCUT2D eigenvalue weighted by atomic mass is 10.0. The Kier molecular flexibility index (Phi) is 11.9. The summed E-state index contributed by atoms with van der Waals surface area (Å²) < 4.78 is 5.03. The largest absolute Gasteiger partial charge is 0.446 e. The zero-order chi connectivity index (χ0) is 16.8. The van der Waals surface area contributed by atoms with Crippen molar-refractivity contribution in [2.45, 2.75) is 103 Å². The molecule has 0 aliphatic heterocycles. The minimum Gasteiger partial charge on any atom is -0.446 e. The van der Waals surface area contributed by atoms with Gasteiger partial charge in [-0.1, -0.05) is 84.0 Å². The maximum absolute atomic E-state index is 10.0. The summed E-state index contributed by atoms with van der Waals surface area (Å²) in [6, 6.07) is 0. The standard InChI is InChI=1S/C19H35NO3/c1-2-3-4-5-6-7-8-9-10-11-12-13-14-17(22)19-18(15-21)23-16-20-19/h16-17,21-22H,2-15H2,1H3. The highest BCUT2D eigenvalue weighted by molar-refractivity contribution is 5.09. The second-order valence-electron chi connectivity index (χ2n) is 6.51. The van der Waals surface area contributed by atoms with E-state index in [-0.39, 0.29) is 6.61 Å². The topological polar surface area (TPSA) is 66.5 Å². The van der Waals surface area contributed by atoms with Crippen LogP contribution in [0.3, 0.4) is 0 Å². The molecule has 0 aliphatic rings. The van der Waals surface area contributed by atoms with Gasteiger partial charge in [0, 0.05) is 0 Å². The Bertz CT molecular complexity index is 378. The summed E-state index contributed by atoms with van der Waals surface area (Å²) in [5, 5.41) is 19.1. The molecule has 4 nitrogen and oxygen atoms in total. The number of unbranched alkanes of at least 4 members (excludes halogenated alkanes) is 11. The average molecular weight is 325 g/mol. The van der Waals surface area contributed by atoms with Crippen LogP contribution in [0.1, 0.15) is 108 Å². The number of aliphatic hydroxyl groups excluding tert-OH is 2. The molecule has 0 saturated carbocycles. The number of rotatable bonds is 15. The molecule has 1 atom stereocenters. The third-order valence-electron chi connectivity index (χ3n) is 4.46. The molecule has 1 aromatic heterocycles. The van der Waals surface area contributed by atoms with Crippen LogP contribution in [0, 0.1) is 0 Å².